The molecule has 1 aromatic rings. The first-order valence-electron chi connectivity index (χ1n) is 8.37. The summed E-state index contributed by atoms with van der Waals surface area (Å²) in [6.45, 7) is 0.869. The number of rotatable bonds is 6. The second-order valence-electron chi connectivity index (χ2n) is 7.01. The van der Waals surface area contributed by atoms with Crippen LogP contribution in [-0.2, 0) is 10.0 Å². The molecule has 0 amide bonds. The highest BCUT2D eigenvalue weighted by Crippen LogP contribution is 2.37. The first kappa shape index (κ1) is 16.9. The molecule has 0 aromatic heterocycles. The average Bonchev–Trinajstić information content (AvgIpc) is 2.84. The van der Waals surface area contributed by atoms with Crippen molar-refractivity contribution in [2.75, 3.05) is 12.8 Å². The van der Waals surface area contributed by atoms with E-state index in [1.165, 1.54) is 24.0 Å². The van der Waals surface area contributed by atoms with E-state index in [0.29, 0.717) is 17.9 Å². The maximum absolute atomic E-state index is 12.9. The highest BCUT2D eigenvalue weighted by molar-refractivity contribution is 7.88. The molecule has 2 unspecified atom stereocenters. The van der Waals surface area contributed by atoms with Crippen molar-refractivity contribution in [3.63, 3.8) is 0 Å². The lowest BCUT2D eigenvalue weighted by Gasteiger charge is -2.37. The molecule has 0 saturated heterocycles. The molecule has 2 atom stereocenters. The molecule has 2 fully saturated rings. The van der Waals surface area contributed by atoms with Gasteiger partial charge in [0.2, 0.25) is 10.0 Å². The summed E-state index contributed by atoms with van der Waals surface area (Å²) in [5, 5.41) is 3.58. The van der Waals surface area contributed by atoms with Gasteiger partial charge in [0.05, 0.1) is 6.26 Å². The third-order valence-corrected chi connectivity index (χ3v) is 5.90. The monoisotopic (exact) mass is 340 g/mol. The molecule has 0 aliphatic heterocycles. The van der Waals surface area contributed by atoms with Gasteiger partial charge in [-0.1, -0.05) is 18.6 Å². The van der Waals surface area contributed by atoms with Crippen molar-refractivity contribution in [1.82, 2.24) is 10.0 Å². The number of hydrogen-bond acceptors (Lipinski definition) is 3. The first-order chi connectivity index (χ1) is 10.9. The van der Waals surface area contributed by atoms with Crippen LogP contribution in [0.3, 0.4) is 0 Å². The highest BCUT2D eigenvalue weighted by Gasteiger charge is 2.33. The van der Waals surface area contributed by atoms with Crippen LogP contribution in [0.4, 0.5) is 4.39 Å². The van der Waals surface area contributed by atoms with Gasteiger partial charge in [-0.15, -0.1) is 0 Å². The van der Waals surface area contributed by atoms with Gasteiger partial charge in [-0.25, -0.2) is 17.5 Å². The summed E-state index contributed by atoms with van der Waals surface area (Å²) in [6.07, 6.45) is 6.47. The summed E-state index contributed by atoms with van der Waals surface area (Å²) in [4.78, 5) is 0. The molecule has 4 nitrogen and oxygen atoms in total. The van der Waals surface area contributed by atoms with E-state index in [2.05, 4.69) is 10.0 Å². The smallest absolute Gasteiger partial charge is 0.208 e. The lowest BCUT2D eigenvalue weighted by atomic mass is 9.75. The fraction of sp³-hybridized carbons (Fsp3) is 0.647. The maximum Gasteiger partial charge on any atom is 0.208 e. The Labute approximate surface area is 137 Å². The predicted octanol–water partition coefficient (Wildman–Crippen LogP) is 2.38. The molecular weight excluding hydrogens is 315 g/mol. The van der Waals surface area contributed by atoms with E-state index in [1.807, 2.05) is 12.1 Å². The van der Waals surface area contributed by atoms with Crippen molar-refractivity contribution >= 4 is 10.0 Å². The van der Waals surface area contributed by atoms with Crippen LogP contribution in [0.1, 0.15) is 43.6 Å². The summed E-state index contributed by atoms with van der Waals surface area (Å²) in [5.74, 6) is 0.713. The summed E-state index contributed by atoms with van der Waals surface area (Å²) in [6, 6.07) is 7.36. The second-order valence-corrected chi connectivity index (χ2v) is 8.79. The molecule has 0 bridgehead atoms. The molecule has 128 valence electrons. The van der Waals surface area contributed by atoms with Crippen LogP contribution < -0.4 is 10.0 Å². The zero-order valence-electron chi connectivity index (χ0n) is 13.5. The van der Waals surface area contributed by atoms with Crippen molar-refractivity contribution in [2.24, 2.45) is 5.92 Å². The normalized spacial score (nSPS) is 31.0. The molecule has 2 aliphatic carbocycles. The molecule has 3 rings (SSSR count). The molecule has 0 radical (unpaired) electrons. The quantitative estimate of drug-likeness (QED) is 0.836. The molecule has 23 heavy (non-hydrogen) atoms. The largest absolute Gasteiger partial charge is 0.314 e. The van der Waals surface area contributed by atoms with Gasteiger partial charge < -0.3 is 5.32 Å². The van der Waals surface area contributed by atoms with Crippen molar-refractivity contribution in [3.8, 4) is 0 Å². The van der Waals surface area contributed by atoms with Crippen molar-refractivity contribution < 1.29 is 12.8 Å². The maximum atomic E-state index is 12.9. The van der Waals surface area contributed by atoms with Crippen LogP contribution in [0, 0.1) is 11.7 Å². The molecule has 2 N–H and O–H groups in total. The van der Waals surface area contributed by atoms with Gasteiger partial charge in [0, 0.05) is 12.1 Å². The third kappa shape index (κ3) is 4.52. The predicted molar refractivity (Wildman–Crippen MR) is 89.3 cm³/mol. The summed E-state index contributed by atoms with van der Waals surface area (Å²) in [7, 11) is -3.13. The summed E-state index contributed by atoms with van der Waals surface area (Å²) >= 11 is 0. The second kappa shape index (κ2) is 6.87. The fourth-order valence-electron chi connectivity index (χ4n) is 3.82. The van der Waals surface area contributed by atoms with E-state index in [9.17, 15) is 12.8 Å². The Bertz CT molecular complexity index is 626. The van der Waals surface area contributed by atoms with E-state index < -0.39 is 10.0 Å². The third-order valence-electron chi connectivity index (χ3n) is 5.17. The van der Waals surface area contributed by atoms with E-state index in [1.54, 1.807) is 0 Å². The first-order valence-corrected chi connectivity index (χ1v) is 10.3. The minimum Gasteiger partial charge on any atom is -0.314 e. The van der Waals surface area contributed by atoms with Gasteiger partial charge in [0.15, 0.2) is 0 Å². The van der Waals surface area contributed by atoms with Crippen LogP contribution in [0.15, 0.2) is 24.3 Å². The Morgan fingerprint density at radius 3 is 2.52 bits per heavy atom. The van der Waals surface area contributed by atoms with Gasteiger partial charge in [0.25, 0.3) is 0 Å². The van der Waals surface area contributed by atoms with Crippen LogP contribution >= 0.6 is 0 Å². The van der Waals surface area contributed by atoms with Gasteiger partial charge in [-0.05, 0) is 61.8 Å². The molecule has 0 heterocycles. The standard InChI is InChI=1S/C17H25FN2O2S/c1-23(21,22)20-17-4-2-3-13(17)11-19-16-9-14(10-16)12-5-7-15(18)8-6-12/h5-8,13-14,16-17,19-20H,2-4,9-11H2,1H3. The SMILES string of the molecule is CS(=O)(=O)NC1CCCC1CNC1CC(c2ccc(F)cc2)C1. The van der Waals surface area contributed by atoms with Gasteiger partial charge >= 0.3 is 0 Å². The Hall–Kier alpha value is -0.980. The number of halogens is 1. The van der Waals surface area contributed by atoms with Crippen LogP contribution in [0.25, 0.3) is 0 Å². The zero-order chi connectivity index (χ0) is 16.4. The number of hydrogen-bond donors (Lipinski definition) is 2. The van der Waals surface area contributed by atoms with Crippen molar-refractivity contribution in [1.29, 1.82) is 0 Å². The van der Waals surface area contributed by atoms with Crippen LogP contribution in [0.2, 0.25) is 0 Å². The Morgan fingerprint density at radius 1 is 1.17 bits per heavy atom. The van der Waals surface area contributed by atoms with Crippen molar-refractivity contribution in [3.05, 3.63) is 35.6 Å². The Balaban J connectivity index is 1.43. The van der Waals surface area contributed by atoms with Crippen molar-refractivity contribution in [2.45, 2.75) is 50.1 Å². The zero-order valence-corrected chi connectivity index (χ0v) is 14.3. The minimum absolute atomic E-state index is 0.0745. The van der Waals surface area contributed by atoms with Crippen LogP contribution in [0.5, 0.6) is 0 Å². The number of sulfonamides is 1. The van der Waals surface area contributed by atoms with E-state index in [4.69, 9.17) is 0 Å². The van der Waals surface area contributed by atoms with Gasteiger partial charge in [0.1, 0.15) is 5.82 Å². The number of benzene rings is 1. The van der Waals surface area contributed by atoms with Gasteiger partial charge in [-0.2, -0.15) is 0 Å². The molecule has 2 saturated carbocycles. The summed E-state index contributed by atoms with van der Waals surface area (Å²) < 4.78 is 38.5. The Morgan fingerprint density at radius 2 is 1.87 bits per heavy atom. The Kier molecular flexibility index (Phi) is 5.04. The minimum atomic E-state index is -3.13. The molecular formula is C17H25FN2O2S. The summed E-state index contributed by atoms with van der Waals surface area (Å²) in [5.41, 5.74) is 1.21. The lowest BCUT2D eigenvalue weighted by molar-refractivity contribution is 0.269. The highest BCUT2D eigenvalue weighted by atomic mass is 32.2. The van der Waals surface area contributed by atoms with Gasteiger partial charge in [-0.3, -0.25) is 0 Å². The average molecular weight is 340 g/mol. The molecule has 2 aliphatic rings. The van der Waals surface area contributed by atoms with E-state index in [0.717, 1.165) is 38.6 Å². The topological polar surface area (TPSA) is 58.2 Å². The lowest BCUT2D eigenvalue weighted by Crippen LogP contribution is -2.46. The molecule has 1 aromatic carbocycles. The van der Waals surface area contributed by atoms with Crippen LogP contribution in [-0.4, -0.2) is 33.3 Å². The fourth-order valence-corrected chi connectivity index (χ4v) is 4.68. The van der Waals surface area contributed by atoms with E-state index in [-0.39, 0.29) is 11.9 Å². The number of nitrogens with one attached hydrogen (secondary N) is 2. The molecule has 0 spiro atoms. The molecule has 6 heteroatoms. The van der Waals surface area contributed by atoms with E-state index >= 15 is 0 Å².